The van der Waals surface area contributed by atoms with E-state index in [4.69, 9.17) is 9.72 Å². The van der Waals surface area contributed by atoms with E-state index in [9.17, 15) is 0 Å². The van der Waals surface area contributed by atoms with Gasteiger partial charge in [-0.25, -0.2) is 4.98 Å². The molecule has 1 aliphatic heterocycles. The van der Waals surface area contributed by atoms with Gasteiger partial charge in [0.25, 0.3) is 0 Å². The number of para-hydroxylation sites is 3. The summed E-state index contributed by atoms with van der Waals surface area (Å²) in [5.41, 5.74) is 19.8. The van der Waals surface area contributed by atoms with Gasteiger partial charge in [0.05, 0.1) is 28.1 Å². The molecule has 7 aromatic carbocycles. The summed E-state index contributed by atoms with van der Waals surface area (Å²) in [6.45, 7) is 32.9. The SMILES string of the molecule is CCCc1ccc2c(c1CCC)c1ccc(Oc3cccc(N4CN(c5c(-c6cccc(C(C)(C)C)c6)cccc5-c5cc(C(C)(C)C)cc(C(C)(C)C)c5)c5ccccc54)c3)cc1n2-c1cc(C(C)(C)C)ccn1. The van der Waals surface area contributed by atoms with Crippen LogP contribution in [0.4, 0.5) is 22.7 Å². The van der Waals surface area contributed by atoms with Crippen LogP contribution in [0.5, 0.6) is 11.5 Å². The molecular weight excluding hydrogens is 913 g/mol. The number of ether oxygens (including phenoxy) is 1. The predicted molar refractivity (Wildman–Crippen MR) is 321 cm³/mol. The average Bonchev–Trinajstić information content (AvgIpc) is 3.94. The van der Waals surface area contributed by atoms with Crippen molar-refractivity contribution < 1.29 is 4.74 Å². The lowest BCUT2D eigenvalue weighted by Gasteiger charge is -2.30. The summed E-state index contributed by atoms with van der Waals surface area (Å²) in [6, 6.07) is 56.7. The first-order chi connectivity index (χ1) is 35.6. The zero-order valence-electron chi connectivity index (χ0n) is 47.2. The Morgan fingerprint density at radius 1 is 0.480 bits per heavy atom. The Morgan fingerprint density at radius 2 is 1.08 bits per heavy atom. The van der Waals surface area contributed by atoms with Crippen LogP contribution in [0.3, 0.4) is 0 Å². The summed E-state index contributed by atoms with van der Waals surface area (Å²) >= 11 is 0. The van der Waals surface area contributed by atoms with Crippen LogP contribution in [0.2, 0.25) is 0 Å². The van der Waals surface area contributed by atoms with Gasteiger partial charge in [-0.05, 0) is 134 Å². The van der Waals surface area contributed by atoms with Gasteiger partial charge in [-0.3, -0.25) is 4.57 Å². The van der Waals surface area contributed by atoms with Crippen molar-refractivity contribution in [2.24, 2.45) is 0 Å². The van der Waals surface area contributed by atoms with Crippen LogP contribution in [-0.2, 0) is 34.5 Å². The number of hydrogen-bond donors (Lipinski definition) is 0. The lowest BCUT2D eigenvalue weighted by molar-refractivity contribution is 0.483. The summed E-state index contributed by atoms with van der Waals surface area (Å²) in [5, 5.41) is 2.56. The minimum Gasteiger partial charge on any atom is -0.457 e. The standard InChI is InChI=1S/C70H78N4O/c1-15-22-46-32-35-62-65(56(46)23-16-2)59-34-33-55(44-63(59)74(62)64-42-50(36-37-71-64)68(6,7)8)75-54-27-20-26-53(43-54)72-45-73(61-31-18-17-30-60(61)72)66-57(47-24-19-25-49(38-47)67(3,4)5)28-21-29-58(66)48-39-51(69(9,10)11)41-52(40-48)70(12,13)14/h17-21,24-44H,15-16,22-23,45H2,1-14H3. The largest absolute Gasteiger partial charge is 0.457 e. The fourth-order valence-electron chi connectivity index (χ4n) is 11.1. The highest BCUT2D eigenvalue weighted by molar-refractivity contribution is 6.11. The molecule has 0 amide bonds. The van der Waals surface area contributed by atoms with Crippen molar-refractivity contribution in [2.45, 2.75) is 144 Å². The fraction of sp³-hybridized carbons (Fsp3) is 0.329. The molecular formula is C70H78N4O. The number of aryl methyl sites for hydroxylation is 2. The zero-order valence-corrected chi connectivity index (χ0v) is 47.2. The number of benzene rings is 7. The molecule has 1 aliphatic rings. The van der Waals surface area contributed by atoms with Crippen LogP contribution in [0.25, 0.3) is 49.9 Å². The lowest BCUT2D eigenvalue weighted by atomic mass is 9.78. The molecule has 5 heteroatoms. The third-order valence-electron chi connectivity index (χ3n) is 15.4. The molecule has 0 bridgehead atoms. The maximum atomic E-state index is 6.99. The molecule has 0 aliphatic carbocycles. The summed E-state index contributed by atoms with van der Waals surface area (Å²) in [5.74, 6) is 2.49. The molecule has 75 heavy (non-hydrogen) atoms. The Hall–Kier alpha value is -7.11. The topological polar surface area (TPSA) is 33.5 Å². The van der Waals surface area contributed by atoms with E-state index < -0.39 is 0 Å². The highest BCUT2D eigenvalue weighted by Gasteiger charge is 2.33. The summed E-state index contributed by atoms with van der Waals surface area (Å²) in [4.78, 5) is 10.0. The number of pyridine rings is 1. The van der Waals surface area contributed by atoms with Gasteiger partial charge in [0.15, 0.2) is 0 Å². The van der Waals surface area contributed by atoms with Crippen molar-refractivity contribution in [1.82, 2.24) is 9.55 Å². The Balaban J connectivity index is 1.09. The minimum atomic E-state index is -0.0329. The van der Waals surface area contributed by atoms with Crippen LogP contribution in [0.1, 0.15) is 143 Å². The van der Waals surface area contributed by atoms with Gasteiger partial charge in [-0.2, -0.15) is 0 Å². The number of rotatable bonds is 11. The molecule has 10 rings (SSSR count). The number of hydrogen-bond acceptors (Lipinski definition) is 4. The normalized spacial score (nSPS) is 13.3. The fourth-order valence-corrected chi connectivity index (χ4v) is 11.1. The molecule has 5 nitrogen and oxygen atoms in total. The molecule has 384 valence electrons. The molecule has 0 N–H and O–H groups in total. The van der Waals surface area contributed by atoms with Crippen LogP contribution < -0.4 is 14.5 Å². The molecule has 0 fully saturated rings. The highest BCUT2D eigenvalue weighted by Crippen LogP contribution is 2.51. The molecule has 2 aromatic heterocycles. The zero-order chi connectivity index (χ0) is 53.2. The Morgan fingerprint density at radius 3 is 1.75 bits per heavy atom. The maximum Gasteiger partial charge on any atom is 0.137 e. The van der Waals surface area contributed by atoms with Crippen molar-refractivity contribution in [1.29, 1.82) is 0 Å². The van der Waals surface area contributed by atoms with Gasteiger partial charge < -0.3 is 14.5 Å². The van der Waals surface area contributed by atoms with Crippen molar-refractivity contribution in [2.75, 3.05) is 16.5 Å². The lowest BCUT2D eigenvalue weighted by Crippen LogP contribution is -2.25. The van der Waals surface area contributed by atoms with E-state index in [1.165, 1.54) is 83.3 Å². The summed E-state index contributed by atoms with van der Waals surface area (Å²) in [6.07, 6.45) is 6.25. The van der Waals surface area contributed by atoms with Gasteiger partial charge in [-0.1, -0.05) is 195 Å². The smallest absolute Gasteiger partial charge is 0.137 e. The molecule has 3 heterocycles. The second-order valence-corrected chi connectivity index (χ2v) is 25.2. The Kier molecular flexibility index (Phi) is 13.4. The van der Waals surface area contributed by atoms with E-state index in [1.54, 1.807) is 0 Å². The second kappa shape index (κ2) is 19.5. The minimum absolute atomic E-state index is 0.00349. The molecule has 0 atom stereocenters. The monoisotopic (exact) mass is 991 g/mol. The van der Waals surface area contributed by atoms with Gasteiger partial charge in [0.1, 0.15) is 24.0 Å². The van der Waals surface area contributed by atoms with Crippen LogP contribution in [0, 0.1) is 0 Å². The first-order valence-electron chi connectivity index (χ1n) is 27.5. The van der Waals surface area contributed by atoms with Gasteiger partial charge in [-0.15, -0.1) is 0 Å². The van der Waals surface area contributed by atoms with Crippen molar-refractivity contribution in [3.05, 3.63) is 191 Å². The highest BCUT2D eigenvalue weighted by atomic mass is 16.5. The third-order valence-corrected chi connectivity index (χ3v) is 15.4. The molecule has 0 saturated carbocycles. The number of anilines is 4. The maximum absolute atomic E-state index is 6.99. The Labute approximate surface area is 448 Å². The van der Waals surface area contributed by atoms with Crippen molar-refractivity contribution in [3.63, 3.8) is 0 Å². The van der Waals surface area contributed by atoms with E-state index >= 15 is 0 Å². The van der Waals surface area contributed by atoms with Gasteiger partial charge in [0, 0.05) is 45.9 Å². The van der Waals surface area contributed by atoms with Gasteiger partial charge >= 0.3 is 0 Å². The second-order valence-electron chi connectivity index (χ2n) is 25.2. The van der Waals surface area contributed by atoms with Gasteiger partial charge in [0.2, 0.25) is 0 Å². The average molecular weight is 991 g/mol. The van der Waals surface area contributed by atoms with Crippen molar-refractivity contribution >= 4 is 44.6 Å². The molecule has 0 spiro atoms. The van der Waals surface area contributed by atoms with Crippen LogP contribution in [0.15, 0.2) is 158 Å². The molecule has 0 saturated heterocycles. The predicted octanol–water partition coefficient (Wildman–Crippen LogP) is 19.6. The van der Waals surface area contributed by atoms with Crippen LogP contribution in [-0.4, -0.2) is 16.2 Å². The summed E-state index contributed by atoms with van der Waals surface area (Å²) in [7, 11) is 0. The molecule has 0 radical (unpaired) electrons. The number of fused-ring (bicyclic) bond motifs is 4. The van der Waals surface area contributed by atoms with E-state index in [-0.39, 0.29) is 21.7 Å². The van der Waals surface area contributed by atoms with Crippen molar-refractivity contribution in [3.8, 4) is 39.6 Å². The first-order valence-corrected chi connectivity index (χ1v) is 27.5. The van der Waals surface area contributed by atoms with E-state index in [0.29, 0.717) is 6.67 Å². The number of nitrogens with zero attached hydrogens (tertiary/aromatic N) is 4. The molecule has 0 unspecified atom stereocenters. The quantitative estimate of drug-likeness (QED) is 0.129. The molecule has 9 aromatic rings. The van der Waals surface area contributed by atoms with E-state index in [2.05, 4.69) is 263 Å². The van der Waals surface area contributed by atoms with Crippen LogP contribution >= 0.6 is 0 Å². The number of aromatic nitrogens is 2. The Bertz CT molecular complexity index is 3550. The third kappa shape index (κ3) is 9.99. The first kappa shape index (κ1) is 51.4. The van der Waals surface area contributed by atoms with E-state index in [1.807, 2.05) is 6.20 Å². The summed E-state index contributed by atoms with van der Waals surface area (Å²) < 4.78 is 9.35. The van der Waals surface area contributed by atoms with E-state index in [0.717, 1.165) is 59.9 Å².